The molecule has 0 saturated carbocycles. The molecule has 0 unspecified atom stereocenters. The van der Waals surface area contributed by atoms with Gasteiger partial charge < -0.3 is 212 Å². The largest absolute Gasteiger partial charge is 3.00 e. The average Bonchev–Trinajstić information content (AvgIpc) is 0.983. The van der Waals surface area contributed by atoms with Crippen LogP contribution < -0.4 is 91.9 Å². The van der Waals surface area contributed by atoms with E-state index in [4.69, 9.17) is 77.0 Å². The average molecular weight is 2770 g/mol. The van der Waals surface area contributed by atoms with Gasteiger partial charge >= 0.3 is 212 Å². The van der Waals surface area contributed by atoms with Crippen molar-refractivity contribution in [3.05, 3.63) is 30.6 Å². The minimum Gasteiger partial charge on any atom is -0.870 e. The topological polar surface area (TPSA) is 851 Å². The van der Waals surface area contributed by atoms with Crippen molar-refractivity contribution in [2.45, 2.75) is 287 Å². The summed E-state index contributed by atoms with van der Waals surface area (Å²) in [5.74, 6) is -10.1. The molecule has 824 valence electrons. The standard InChI is InChI=1S/4C8H17NO2.10C5H10O2.2CH2Cl2.4Cr.4La.2NO3.4H2O/c4*1-2-3-4-9(5-7-10)6-8-11;10*1-5(2,3)4(6)7;2*2-1-3;;;;;;;;;2*2-1(3)4;;;;/h4*2-8H2,1H3;10*1-3H3,(H,6,7);2*1H2;;;;;;;;;;;4*1H2/q4*-2;;;;;;;;;;;;;8*+3;2*-1;;;;/p-14. The Bertz CT molecular complexity index is 2140. The van der Waals surface area contributed by atoms with Gasteiger partial charge in [0.25, 0.3) is 0 Å². The van der Waals surface area contributed by atoms with Crippen molar-refractivity contribution >= 4 is 106 Å². The predicted octanol–water partition coefficient (Wildman–Crippen LogP) is -5.29. The molecule has 0 aliphatic carbocycles. The maximum atomic E-state index is 10.2. The maximum absolute atomic E-state index is 10.2. The molecule has 0 aromatic rings. The molecule has 0 spiro atoms. The normalized spacial score (nSPS) is 9.67. The molecule has 0 aliphatic rings. The minimum absolute atomic E-state index is 0. The zero-order chi connectivity index (χ0) is 107. The number of hydrogen-bond acceptors (Lipinski definition) is 42. The molecule has 4 N–H and O–H groups in total. The van der Waals surface area contributed by atoms with Crippen molar-refractivity contribution in [3.63, 3.8) is 0 Å². The molecule has 140 heavy (non-hydrogen) atoms. The number of halogens is 4. The number of rotatable bonds is 28. The summed E-state index contributed by atoms with van der Waals surface area (Å²) < 4.78 is 0. The van der Waals surface area contributed by atoms with E-state index in [2.05, 4.69) is 27.7 Å². The molecule has 0 atom stereocenters. The van der Waals surface area contributed by atoms with Gasteiger partial charge in [-0.25, -0.2) is 0 Å². The number of carbonyl (C=O) groups excluding carboxylic acids is 10. The molecule has 0 heterocycles. The van der Waals surface area contributed by atoms with Crippen molar-refractivity contribution in [3.8, 4) is 0 Å². The third-order valence-corrected chi connectivity index (χ3v) is 12.7. The van der Waals surface area contributed by atoms with Gasteiger partial charge in [-0.15, -0.1) is 99.3 Å². The van der Waals surface area contributed by atoms with Crippen LogP contribution in [-0.4, -0.2) is 253 Å². The molecule has 0 aliphatic heterocycles. The van der Waals surface area contributed by atoms with Crippen LogP contribution in [0.4, 0.5) is 0 Å². The Labute approximate surface area is 1010 Å². The summed E-state index contributed by atoms with van der Waals surface area (Å²) >= 11 is 19.1. The Morgan fingerprint density at radius 3 is 0.286 bits per heavy atom. The van der Waals surface area contributed by atoms with E-state index in [1.54, 1.807) is 208 Å². The van der Waals surface area contributed by atoms with E-state index in [9.17, 15) is 140 Å². The van der Waals surface area contributed by atoms with E-state index in [1.165, 1.54) is 0 Å². The third-order valence-electron chi connectivity index (χ3n) is 12.7. The van der Waals surface area contributed by atoms with Crippen molar-refractivity contribution in [1.29, 1.82) is 0 Å². The fraction of sp³-hybridized carbons (Fsp3) is 0.881. The van der Waals surface area contributed by atoms with Crippen LogP contribution in [0.3, 0.4) is 0 Å². The minimum atomic E-state index is -1.75. The van der Waals surface area contributed by atoms with E-state index in [1.807, 2.05) is 19.6 Å². The number of carboxylic acids is 10. The van der Waals surface area contributed by atoms with Gasteiger partial charge in [0.15, 0.2) is 0 Å². The van der Waals surface area contributed by atoms with Crippen molar-refractivity contribution < 1.29 is 384 Å². The van der Waals surface area contributed by atoms with Crippen LogP contribution in [0.2, 0.25) is 0 Å². The molecule has 0 saturated heterocycles. The van der Waals surface area contributed by atoms with Gasteiger partial charge in [-0.2, -0.15) is 0 Å². The van der Waals surface area contributed by atoms with E-state index in [-0.39, 0.29) is 297 Å². The first-order valence-corrected chi connectivity index (χ1v) is 42.8. The zero-order valence-electron chi connectivity index (χ0n) is 89.0. The number of carbonyl (C=O) groups is 10. The molecule has 0 amide bonds. The van der Waals surface area contributed by atoms with Crippen LogP contribution in [0, 0.1) is 227 Å². The second-order valence-electron chi connectivity index (χ2n) is 36.4. The van der Waals surface area contributed by atoms with Crippen molar-refractivity contribution in [1.82, 2.24) is 19.6 Å². The molecule has 44 nitrogen and oxygen atoms in total. The first kappa shape index (κ1) is 224. The Kier molecular flexibility index (Phi) is 223. The molecule has 0 aromatic heterocycles. The number of hydrogen-bond donors (Lipinski definition) is 0. The van der Waals surface area contributed by atoms with Gasteiger partial charge in [0.2, 0.25) is 0 Å². The quantitative estimate of drug-likeness (QED) is 0.0401. The van der Waals surface area contributed by atoms with E-state index in [0.717, 1.165) is 77.5 Å². The van der Waals surface area contributed by atoms with Gasteiger partial charge in [-0.05, 0) is 104 Å². The van der Waals surface area contributed by atoms with Crippen molar-refractivity contribution in [2.24, 2.45) is 54.1 Å². The van der Waals surface area contributed by atoms with Crippen LogP contribution in [-0.2, 0) is 117 Å². The molecule has 0 rings (SSSR count). The van der Waals surface area contributed by atoms with Crippen LogP contribution in [0.25, 0.3) is 0 Å². The Hall–Kier alpha value is 0.529. The summed E-state index contributed by atoms with van der Waals surface area (Å²) in [5.41, 5.74) is -6.94. The van der Waals surface area contributed by atoms with Crippen LogP contribution >= 0.6 is 46.4 Å². The fourth-order valence-electron chi connectivity index (χ4n) is 3.90. The fourth-order valence-corrected chi connectivity index (χ4v) is 3.90. The summed E-state index contributed by atoms with van der Waals surface area (Å²) in [4.78, 5) is 123. The summed E-state index contributed by atoms with van der Waals surface area (Å²) in [6.07, 6.45) is 8.81. The summed E-state index contributed by atoms with van der Waals surface area (Å²) in [7, 11) is 0. The summed E-state index contributed by atoms with van der Waals surface area (Å²) in [6.45, 7) is 63.5. The number of unbranched alkanes of at least 4 members (excludes halogenated alkanes) is 4. The smallest absolute Gasteiger partial charge is 0.870 e. The second kappa shape index (κ2) is 140. The van der Waals surface area contributed by atoms with Crippen LogP contribution in [0.1, 0.15) is 287 Å². The first-order chi connectivity index (χ1) is 57.1. The molecule has 0 bridgehead atoms. The van der Waals surface area contributed by atoms with Gasteiger partial charge in [0, 0.05) is 114 Å². The van der Waals surface area contributed by atoms with Gasteiger partial charge in [0.1, 0.15) is 0 Å². The monoisotopic (exact) mass is 2770 g/mol. The van der Waals surface area contributed by atoms with Gasteiger partial charge in [-0.1, -0.05) is 261 Å². The van der Waals surface area contributed by atoms with Gasteiger partial charge in [0.05, 0.1) is 20.9 Å². The van der Waals surface area contributed by atoms with Crippen molar-refractivity contribution in [2.75, 3.05) is 142 Å². The second-order valence-corrected chi connectivity index (χ2v) is 38.1. The zero-order valence-corrected chi connectivity index (χ0v) is 112. The Morgan fingerprint density at radius 2 is 0.257 bits per heavy atom. The van der Waals surface area contributed by atoms with Crippen LogP contribution in [0.15, 0.2) is 0 Å². The van der Waals surface area contributed by atoms with Crippen LogP contribution in [0.5, 0.6) is 0 Å². The summed E-state index contributed by atoms with van der Waals surface area (Å²) in [5, 5.41) is 211. The molecule has 56 heteroatoms. The molecule has 0 aromatic carbocycles. The predicted molar refractivity (Wildman–Crippen MR) is 471 cm³/mol. The van der Waals surface area contributed by atoms with Gasteiger partial charge in [-0.3, -0.25) is 0 Å². The SMILES string of the molecule is CC(C)(C)C(=O)[O-].CC(C)(C)C(=O)[O-].CC(C)(C)C(=O)[O-].CC(C)(C)C(=O)[O-].CC(C)(C)C(=O)[O-].CC(C)(C)C(=O)[O-].CC(C)(C)C(=O)[O-].CC(C)(C)C(=O)[O-].CC(C)(C)C(=O)[O-].CC(C)(C)C(=O)[O-].CCCCN(CC[O-])CC[O-].CCCCN(CC[O-])CC[O-].CCCCN(CC[O-])CC[O-].CCCCN(CC[O-])CC[O-].ClCCl.ClCCl.O=[N+]([O-])[O-].O=[N+]([O-])[O-].[Cr+3].[Cr+3].[Cr+3].[Cr+3].[La+3].[La+3].[La+3].[La+3].[OH-].[OH-].[OH-].[OH-]. The van der Waals surface area contributed by atoms with E-state index >= 15 is 0 Å². The molecular weight excluding hydrogens is 2610 g/mol. The third kappa shape index (κ3) is 259. The molecule has 4 radical (unpaired) electrons. The van der Waals surface area contributed by atoms with E-state index in [0.29, 0.717) is 52.4 Å². The summed E-state index contributed by atoms with van der Waals surface area (Å²) in [6, 6.07) is 0. The maximum Gasteiger partial charge on any atom is 3.00 e. The Balaban J connectivity index is -0.0000000328. The molecule has 0 fully saturated rings. The number of alkyl halides is 4. The number of aliphatic carboxylic acids is 10. The van der Waals surface area contributed by atoms with E-state index < -0.39 is 124 Å². The molecular formula is C84H166Cl4Cr4La4N6O38. The Morgan fingerprint density at radius 1 is 0.207 bits per heavy atom. The number of nitrogens with zero attached hydrogens (tertiary/aromatic N) is 6. The number of carboxylic acid groups (broad SMARTS) is 10. The first-order valence-electron chi connectivity index (χ1n) is 40.7.